The molecule has 0 spiro atoms. The highest BCUT2D eigenvalue weighted by atomic mass is 32.1. The van der Waals surface area contributed by atoms with E-state index in [9.17, 15) is 4.79 Å². The molecule has 1 aromatic carbocycles. The average molecular weight is 333 g/mol. The van der Waals surface area contributed by atoms with E-state index in [4.69, 9.17) is 4.98 Å². The van der Waals surface area contributed by atoms with Gasteiger partial charge in [-0.1, -0.05) is 18.2 Å². The number of aromatic nitrogens is 3. The summed E-state index contributed by atoms with van der Waals surface area (Å²) in [5.41, 5.74) is 4.86. The van der Waals surface area contributed by atoms with E-state index in [1.165, 1.54) is 27.8 Å². The van der Waals surface area contributed by atoms with Crippen LogP contribution < -0.4 is 5.56 Å². The first-order valence-corrected chi connectivity index (χ1v) is 9.28. The summed E-state index contributed by atoms with van der Waals surface area (Å²) in [5, 5.41) is 2.14. The van der Waals surface area contributed by atoms with Gasteiger partial charge in [-0.05, 0) is 42.9 Å². The van der Waals surface area contributed by atoms with Crippen LogP contribution in [0.5, 0.6) is 0 Å². The molecule has 4 nitrogen and oxygen atoms in total. The normalized spacial score (nSPS) is 15.7. The standard InChI is InChI=1S/C19H15N3OS/c23-19-15-12-5-3-7-14(12)24-18(15)21-17-16-11(8-9-22(17)19)10-4-1-2-6-13(10)20-16/h1-2,4,6,20H,3,5,7-9H2. The number of rotatable bonds is 0. The molecule has 118 valence electrons. The lowest BCUT2D eigenvalue weighted by Gasteiger charge is -2.18. The summed E-state index contributed by atoms with van der Waals surface area (Å²) >= 11 is 1.72. The molecule has 1 N–H and O–H groups in total. The monoisotopic (exact) mass is 333 g/mol. The Hall–Kier alpha value is -2.40. The van der Waals surface area contributed by atoms with Crippen LogP contribution in [-0.4, -0.2) is 14.5 Å². The number of hydrogen-bond acceptors (Lipinski definition) is 3. The number of nitrogens with one attached hydrogen (secondary N) is 1. The van der Waals surface area contributed by atoms with Gasteiger partial charge in [-0.2, -0.15) is 0 Å². The topological polar surface area (TPSA) is 50.7 Å². The number of thiophene rings is 1. The number of fused-ring (bicyclic) bond motifs is 8. The first-order chi connectivity index (χ1) is 11.8. The molecule has 0 atom stereocenters. The molecule has 3 aromatic heterocycles. The maximum absolute atomic E-state index is 13.1. The van der Waals surface area contributed by atoms with Crippen LogP contribution >= 0.6 is 11.3 Å². The highest BCUT2D eigenvalue weighted by molar-refractivity contribution is 7.18. The fourth-order valence-corrected chi connectivity index (χ4v) is 5.60. The zero-order chi connectivity index (χ0) is 15.8. The fourth-order valence-electron chi connectivity index (χ4n) is 4.35. The van der Waals surface area contributed by atoms with Crippen LogP contribution in [-0.2, 0) is 25.8 Å². The Morgan fingerprint density at radius 3 is 3.00 bits per heavy atom. The molecule has 0 saturated carbocycles. The lowest BCUT2D eigenvalue weighted by atomic mass is 10.0. The van der Waals surface area contributed by atoms with Crippen molar-refractivity contribution >= 4 is 32.5 Å². The fraction of sp³-hybridized carbons (Fsp3) is 0.263. The van der Waals surface area contributed by atoms with Crippen molar-refractivity contribution in [3.05, 3.63) is 50.6 Å². The molecule has 0 fully saturated rings. The molecule has 2 aliphatic rings. The van der Waals surface area contributed by atoms with Crippen LogP contribution in [0.1, 0.15) is 22.4 Å². The summed E-state index contributed by atoms with van der Waals surface area (Å²) in [7, 11) is 0. The van der Waals surface area contributed by atoms with Gasteiger partial charge in [-0.15, -0.1) is 11.3 Å². The van der Waals surface area contributed by atoms with Crippen LogP contribution in [0.4, 0.5) is 0 Å². The third kappa shape index (κ3) is 1.48. The van der Waals surface area contributed by atoms with E-state index in [-0.39, 0.29) is 5.56 Å². The summed E-state index contributed by atoms with van der Waals surface area (Å²) in [5.74, 6) is 0.810. The third-order valence-corrected chi connectivity index (χ3v) is 6.63. The molecule has 6 rings (SSSR count). The minimum Gasteiger partial charge on any atom is -0.352 e. The van der Waals surface area contributed by atoms with Crippen molar-refractivity contribution in [3.63, 3.8) is 0 Å². The number of benzene rings is 1. The van der Waals surface area contributed by atoms with Gasteiger partial charge in [-0.3, -0.25) is 9.36 Å². The Balaban J connectivity index is 1.73. The summed E-state index contributed by atoms with van der Waals surface area (Å²) in [6.45, 7) is 0.719. The van der Waals surface area contributed by atoms with Crippen LogP contribution in [0.3, 0.4) is 0 Å². The molecule has 5 heteroatoms. The SMILES string of the molecule is O=c1c2c3c(sc2nc2n1CCc1c-2[nH]c2ccccc12)CCC3. The number of hydrogen-bond donors (Lipinski definition) is 1. The molecule has 0 amide bonds. The summed E-state index contributed by atoms with van der Waals surface area (Å²) < 4.78 is 1.88. The molecule has 0 radical (unpaired) electrons. The largest absolute Gasteiger partial charge is 0.352 e. The number of para-hydroxylation sites is 1. The Bertz CT molecular complexity index is 1210. The number of H-pyrrole nitrogens is 1. The predicted molar refractivity (Wildman–Crippen MR) is 96.9 cm³/mol. The van der Waals surface area contributed by atoms with Gasteiger partial charge >= 0.3 is 0 Å². The van der Waals surface area contributed by atoms with Gasteiger partial charge in [0.25, 0.3) is 5.56 Å². The quantitative estimate of drug-likeness (QED) is 0.534. The van der Waals surface area contributed by atoms with Gasteiger partial charge in [0, 0.05) is 22.3 Å². The van der Waals surface area contributed by atoms with E-state index >= 15 is 0 Å². The van der Waals surface area contributed by atoms with Crippen molar-refractivity contribution in [1.82, 2.24) is 14.5 Å². The molecule has 1 aliphatic carbocycles. The first-order valence-electron chi connectivity index (χ1n) is 8.46. The summed E-state index contributed by atoms with van der Waals surface area (Å²) in [4.78, 5) is 23.8. The van der Waals surface area contributed by atoms with E-state index in [2.05, 4.69) is 23.2 Å². The Morgan fingerprint density at radius 1 is 1.12 bits per heavy atom. The van der Waals surface area contributed by atoms with Gasteiger partial charge in [-0.25, -0.2) is 4.98 Å². The maximum atomic E-state index is 13.1. The van der Waals surface area contributed by atoms with Gasteiger partial charge < -0.3 is 4.98 Å². The Labute approximate surface area is 141 Å². The van der Waals surface area contributed by atoms with E-state index < -0.39 is 0 Å². The number of aromatic amines is 1. The second-order valence-corrected chi connectivity index (χ2v) is 7.79. The Morgan fingerprint density at radius 2 is 2.04 bits per heavy atom. The average Bonchev–Trinajstić information content (AvgIpc) is 3.26. The number of nitrogens with zero attached hydrogens (tertiary/aromatic N) is 2. The van der Waals surface area contributed by atoms with Crippen LogP contribution in [0.2, 0.25) is 0 Å². The molecule has 1 aliphatic heterocycles. The van der Waals surface area contributed by atoms with Gasteiger partial charge in [0.05, 0.1) is 11.1 Å². The predicted octanol–water partition coefficient (Wildman–Crippen LogP) is 3.65. The first kappa shape index (κ1) is 13.0. The molecule has 0 saturated heterocycles. The van der Waals surface area contributed by atoms with Crippen molar-refractivity contribution in [1.29, 1.82) is 0 Å². The van der Waals surface area contributed by atoms with E-state index in [0.717, 1.165) is 53.1 Å². The number of aryl methyl sites for hydroxylation is 3. The van der Waals surface area contributed by atoms with Crippen LogP contribution in [0.15, 0.2) is 29.1 Å². The van der Waals surface area contributed by atoms with Crippen molar-refractivity contribution < 1.29 is 0 Å². The van der Waals surface area contributed by atoms with Crippen molar-refractivity contribution in [2.24, 2.45) is 0 Å². The molecule has 4 aromatic rings. The minimum atomic E-state index is 0.152. The lowest BCUT2D eigenvalue weighted by Crippen LogP contribution is -2.27. The zero-order valence-corrected chi connectivity index (χ0v) is 13.9. The second kappa shape index (κ2) is 4.36. The molecule has 4 heterocycles. The molecule has 0 unspecified atom stereocenters. The summed E-state index contributed by atoms with van der Waals surface area (Å²) in [6.07, 6.45) is 4.18. The lowest BCUT2D eigenvalue weighted by molar-refractivity contribution is 0.653. The smallest absolute Gasteiger partial charge is 0.262 e. The van der Waals surface area contributed by atoms with Crippen molar-refractivity contribution in [2.75, 3.05) is 0 Å². The van der Waals surface area contributed by atoms with E-state index in [1.807, 2.05) is 10.6 Å². The van der Waals surface area contributed by atoms with Gasteiger partial charge in [0.15, 0.2) is 5.82 Å². The molecular formula is C19H15N3OS. The van der Waals surface area contributed by atoms with E-state index in [1.54, 1.807) is 11.3 Å². The maximum Gasteiger partial charge on any atom is 0.262 e. The molecular weight excluding hydrogens is 318 g/mol. The second-order valence-electron chi connectivity index (χ2n) is 6.70. The third-order valence-electron chi connectivity index (χ3n) is 5.45. The summed E-state index contributed by atoms with van der Waals surface area (Å²) in [6, 6.07) is 8.35. The zero-order valence-electron chi connectivity index (χ0n) is 13.1. The molecule has 0 bridgehead atoms. The Kier molecular flexibility index (Phi) is 2.35. The van der Waals surface area contributed by atoms with E-state index in [0.29, 0.717) is 0 Å². The highest BCUT2D eigenvalue weighted by Crippen LogP contribution is 2.38. The van der Waals surface area contributed by atoms with Crippen molar-refractivity contribution in [3.8, 4) is 11.5 Å². The van der Waals surface area contributed by atoms with Crippen LogP contribution in [0.25, 0.3) is 32.6 Å². The minimum absolute atomic E-state index is 0.152. The highest BCUT2D eigenvalue weighted by Gasteiger charge is 2.27. The van der Waals surface area contributed by atoms with Gasteiger partial charge in [0.2, 0.25) is 0 Å². The molecule has 24 heavy (non-hydrogen) atoms. The van der Waals surface area contributed by atoms with Gasteiger partial charge in [0.1, 0.15) is 4.83 Å². The van der Waals surface area contributed by atoms with Crippen molar-refractivity contribution in [2.45, 2.75) is 32.2 Å². The van der Waals surface area contributed by atoms with Crippen LogP contribution in [0, 0.1) is 0 Å².